The largest absolute Gasteiger partial charge is 0.326 e. The van der Waals surface area contributed by atoms with Gasteiger partial charge < -0.3 is 5.32 Å². The zero-order valence-electron chi connectivity index (χ0n) is 16.6. The van der Waals surface area contributed by atoms with Crippen molar-refractivity contribution >= 4 is 43.9 Å². The van der Waals surface area contributed by atoms with Crippen LogP contribution in [0.1, 0.15) is 25.8 Å². The Hall–Kier alpha value is -2.38. The van der Waals surface area contributed by atoms with Crippen molar-refractivity contribution in [1.29, 1.82) is 0 Å². The van der Waals surface area contributed by atoms with E-state index in [9.17, 15) is 13.2 Å². The van der Waals surface area contributed by atoms with Gasteiger partial charge in [0, 0.05) is 28.9 Å². The molecule has 3 rings (SSSR count). The Morgan fingerprint density at radius 1 is 1.24 bits per heavy atom. The van der Waals surface area contributed by atoms with Gasteiger partial charge in [0.05, 0.1) is 23.0 Å². The van der Waals surface area contributed by atoms with E-state index in [-0.39, 0.29) is 17.2 Å². The number of carbonyl (C=O) groups excluding carboxylic acids is 1. The van der Waals surface area contributed by atoms with Crippen LogP contribution in [0.3, 0.4) is 0 Å². The molecule has 1 N–H and O–H groups in total. The Kier molecular flexibility index (Phi) is 6.29. The number of aromatic nitrogens is 2. The fraction of sp³-hybridized carbons (Fsp3) is 0.333. The molecule has 1 heterocycles. The fourth-order valence-corrected chi connectivity index (χ4v) is 4.20. The zero-order chi connectivity index (χ0) is 21.2. The molecule has 0 aliphatic rings. The van der Waals surface area contributed by atoms with E-state index < -0.39 is 9.84 Å². The topological polar surface area (TPSA) is 81.1 Å². The van der Waals surface area contributed by atoms with E-state index in [0.717, 1.165) is 12.7 Å². The molecule has 0 aliphatic carbocycles. The summed E-state index contributed by atoms with van der Waals surface area (Å²) in [5.41, 5.74) is 1.81. The van der Waals surface area contributed by atoms with Crippen LogP contribution >= 0.6 is 11.6 Å². The molecule has 29 heavy (non-hydrogen) atoms. The van der Waals surface area contributed by atoms with Crippen LogP contribution in [0.5, 0.6) is 0 Å². The van der Waals surface area contributed by atoms with E-state index in [1.54, 1.807) is 35.1 Å². The highest BCUT2D eigenvalue weighted by Gasteiger charge is 2.18. The summed E-state index contributed by atoms with van der Waals surface area (Å²) in [6, 6.07) is 10.4. The third kappa shape index (κ3) is 5.16. The lowest BCUT2D eigenvalue weighted by Crippen LogP contribution is -2.15. The molecule has 0 unspecified atom stereocenters. The van der Waals surface area contributed by atoms with Crippen molar-refractivity contribution in [3.05, 3.63) is 53.2 Å². The first-order valence-electron chi connectivity index (χ1n) is 9.38. The molecular weight excluding hydrogens is 410 g/mol. The lowest BCUT2D eigenvalue weighted by Gasteiger charge is -2.11. The molecule has 0 radical (unpaired) electrons. The molecule has 2 aromatic carbocycles. The lowest BCUT2D eigenvalue weighted by atomic mass is 10.1. The van der Waals surface area contributed by atoms with E-state index in [4.69, 9.17) is 11.6 Å². The van der Waals surface area contributed by atoms with Crippen molar-refractivity contribution in [2.24, 2.45) is 5.92 Å². The number of benzene rings is 2. The normalized spacial score (nSPS) is 11.9. The van der Waals surface area contributed by atoms with E-state index >= 15 is 0 Å². The molecule has 6 nitrogen and oxygen atoms in total. The standard InChI is InChI=1S/C21H24ClN3O3S/c1-14(2)8-9-25-19-11-16(12-20(29(3,27)28)17(19)13-23-25)24-21(26)10-15-6-4-5-7-18(15)22/h4-7,11-14H,8-10H2,1-3H3,(H,24,26). The molecular formula is C21H24ClN3O3S. The summed E-state index contributed by atoms with van der Waals surface area (Å²) < 4.78 is 26.4. The highest BCUT2D eigenvalue weighted by atomic mass is 35.5. The van der Waals surface area contributed by atoms with Crippen molar-refractivity contribution in [2.75, 3.05) is 11.6 Å². The van der Waals surface area contributed by atoms with Crippen molar-refractivity contribution in [2.45, 2.75) is 38.1 Å². The van der Waals surface area contributed by atoms with Gasteiger partial charge in [0.25, 0.3) is 0 Å². The van der Waals surface area contributed by atoms with Gasteiger partial charge in [-0.1, -0.05) is 43.6 Å². The van der Waals surface area contributed by atoms with Crippen LogP contribution in [0.2, 0.25) is 5.02 Å². The van der Waals surface area contributed by atoms with Gasteiger partial charge >= 0.3 is 0 Å². The van der Waals surface area contributed by atoms with Crippen LogP contribution < -0.4 is 5.32 Å². The highest BCUT2D eigenvalue weighted by molar-refractivity contribution is 7.91. The number of hydrogen-bond acceptors (Lipinski definition) is 4. The number of anilines is 1. The summed E-state index contributed by atoms with van der Waals surface area (Å²) in [6.45, 7) is 4.91. The number of hydrogen-bond donors (Lipinski definition) is 1. The smallest absolute Gasteiger partial charge is 0.228 e. The number of sulfone groups is 1. The minimum absolute atomic E-state index is 0.0958. The maximum absolute atomic E-state index is 12.5. The summed E-state index contributed by atoms with van der Waals surface area (Å²) in [4.78, 5) is 12.7. The molecule has 1 amide bonds. The van der Waals surface area contributed by atoms with E-state index in [2.05, 4.69) is 24.3 Å². The Morgan fingerprint density at radius 3 is 2.62 bits per heavy atom. The van der Waals surface area contributed by atoms with Crippen molar-refractivity contribution < 1.29 is 13.2 Å². The molecule has 0 spiro atoms. The number of amides is 1. The van der Waals surface area contributed by atoms with Gasteiger partial charge in [-0.15, -0.1) is 0 Å². The highest BCUT2D eigenvalue weighted by Crippen LogP contribution is 2.28. The number of aryl methyl sites for hydroxylation is 1. The second-order valence-corrected chi connectivity index (χ2v) is 9.94. The SMILES string of the molecule is CC(C)CCn1ncc2c(S(C)(=O)=O)cc(NC(=O)Cc3ccccc3Cl)cc21. The van der Waals surface area contributed by atoms with Crippen molar-refractivity contribution in [3.63, 3.8) is 0 Å². The van der Waals surface area contributed by atoms with Crippen molar-refractivity contribution in [3.8, 4) is 0 Å². The predicted molar refractivity (Wildman–Crippen MR) is 116 cm³/mol. The van der Waals surface area contributed by atoms with Crippen LogP contribution in [0.25, 0.3) is 10.9 Å². The lowest BCUT2D eigenvalue weighted by molar-refractivity contribution is -0.115. The van der Waals surface area contributed by atoms with E-state index in [0.29, 0.717) is 39.6 Å². The average Bonchev–Trinajstić information content (AvgIpc) is 3.03. The van der Waals surface area contributed by atoms with Crippen LogP contribution in [0.15, 0.2) is 47.5 Å². The number of halogens is 1. The molecule has 0 saturated carbocycles. The first-order valence-corrected chi connectivity index (χ1v) is 11.6. The van der Waals surface area contributed by atoms with Crippen LogP contribution in [-0.2, 0) is 27.6 Å². The van der Waals surface area contributed by atoms with Gasteiger partial charge in [-0.25, -0.2) is 8.42 Å². The maximum atomic E-state index is 12.5. The zero-order valence-corrected chi connectivity index (χ0v) is 18.2. The monoisotopic (exact) mass is 433 g/mol. The predicted octanol–water partition coefficient (Wildman–Crippen LogP) is 4.32. The first-order chi connectivity index (χ1) is 13.6. The van der Waals surface area contributed by atoms with Gasteiger partial charge in [0.15, 0.2) is 9.84 Å². The van der Waals surface area contributed by atoms with Gasteiger partial charge in [-0.2, -0.15) is 5.10 Å². The Morgan fingerprint density at radius 2 is 1.97 bits per heavy atom. The fourth-order valence-electron chi connectivity index (χ4n) is 3.10. The number of nitrogens with zero attached hydrogens (tertiary/aromatic N) is 2. The molecule has 0 atom stereocenters. The molecule has 0 saturated heterocycles. The van der Waals surface area contributed by atoms with Gasteiger partial charge in [-0.05, 0) is 36.1 Å². The second kappa shape index (κ2) is 8.55. The Labute approximate surface area is 175 Å². The average molecular weight is 434 g/mol. The minimum atomic E-state index is -3.50. The van der Waals surface area contributed by atoms with Gasteiger partial charge in [0.2, 0.25) is 5.91 Å². The summed E-state index contributed by atoms with van der Waals surface area (Å²) in [7, 11) is -3.50. The molecule has 3 aromatic rings. The maximum Gasteiger partial charge on any atom is 0.228 e. The number of rotatable bonds is 7. The third-order valence-electron chi connectivity index (χ3n) is 4.63. The minimum Gasteiger partial charge on any atom is -0.326 e. The molecule has 1 aromatic heterocycles. The first kappa shape index (κ1) is 21.3. The van der Waals surface area contributed by atoms with E-state index in [1.165, 1.54) is 6.07 Å². The van der Waals surface area contributed by atoms with Gasteiger partial charge in [-0.3, -0.25) is 9.48 Å². The summed E-state index contributed by atoms with van der Waals surface area (Å²) in [6.07, 6.45) is 3.73. The molecule has 0 aliphatic heterocycles. The van der Waals surface area contributed by atoms with Crippen LogP contribution in [0.4, 0.5) is 5.69 Å². The van der Waals surface area contributed by atoms with Crippen LogP contribution in [0, 0.1) is 5.92 Å². The number of fused-ring (bicyclic) bond motifs is 1. The van der Waals surface area contributed by atoms with E-state index in [1.807, 2.05) is 6.07 Å². The quantitative estimate of drug-likeness (QED) is 0.601. The third-order valence-corrected chi connectivity index (χ3v) is 6.14. The summed E-state index contributed by atoms with van der Waals surface area (Å²) in [5.74, 6) is 0.215. The Balaban J connectivity index is 1.95. The summed E-state index contributed by atoms with van der Waals surface area (Å²) >= 11 is 6.13. The number of nitrogens with one attached hydrogen (secondary N) is 1. The Bertz CT molecular complexity index is 1150. The van der Waals surface area contributed by atoms with Gasteiger partial charge in [0.1, 0.15) is 0 Å². The molecule has 0 bridgehead atoms. The summed E-state index contributed by atoms with van der Waals surface area (Å²) in [5, 5.41) is 8.24. The molecule has 154 valence electrons. The number of carbonyl (C=O) groups is 1. The molecule has 0 fully saturated rings. The van der Waals surface area contributed by atoms with Crippen molar-refractivity contribution in [1.82, 2.24) is 9.78 Å². The van der Waals surface area contributed by atoms with Crippen LogP contribution in [-0.4, -0.2) is 30.4 Å². The second-order valence-electron chi connectivity index (χ2n) is 7.55. The molecule has 8 heteroatoms.